The van der Waals surface area contributed by atoms with Gasteiger partial charge in [-0.1, -0.05) is 18.7 Å². The number of aromatic amines is 1. The minimum absolute atomic E-state index is 0.00171. The average molecular weight is 415 g/mol. The smallest absolute Gasteiger partial charge is 0.259 e. The van der Waals surface area contributed by atoms with Crippen LogP contribution in [-0.4, -0.2) is 19.9 Å². The van der Waals surface area contributed by atoms with E-state index in [9.17, 15) is 4.79 Å². The fourth-order valence-electron chi connectivity index (χ4n) is 3.64. The maximum atomic E-state index is 12.8. The van der Waals surface area contributed by atoms with Gasteiger partial charge in [-0.15, -0.1) is 22.7 Å². The molecule has 1 aliphatic carbocycles. The van der Waals surface area contributed by atoms with Crippen LogP contribution >= 0.6 is 34.4 Å². The third-order valence-electron chi connectivity index (χ3n) is 5.08. The number of nitrogens with one attached hydrogen (secondary N) is 1. The van der Waals surface area contributed by atoms with Crippen LogP contribution < -0.4 is 5.56 Å². The molecule has 5 nitrogen and oxygen atoms in total. The summed E-state index contributed by atoms with van der Waals surface area (Å²) in [5.74, 6) is 1.40. The Labute approximate surface area is 168 Å². The van der Waals surface area contributed by atoms with Crippen LogP contribution in [0, 0.1) is 5.92 Å². The maximum absolute atomic E-state index is 12.8. The molecule has 4 heterocycles. The van der Waals surface area contributed by atoms with Gasteiger partial charge in [-0.2, -0.15) is 0 Å². The Morgan fingerprint density at radius 1 is 1.33 bits per heavy atom. The summed E-state index contributed by atoms with van der Waals surface area (Å²) >= 11 is 4.91. The molecule has 0 fully saturated rings. The van der Waals surface area contributed by atoms with Crippen molar-refractivity contribution in [3.8, 4) is 0 Å². The lowest BCUT2D eigenvalue weighted by Gasteiger charge is -2.17. The summed E-state index contributed by atoms with van der Waals surface area (Å²) in [5, 5.41) is 4.82. The molecule has 8 heteroatoms. The number of rotatable bonds is 3. The molecule has 0 bridgehead atoms. The first-order valence-electron chi connectivity index (χ1n) is 8.99. The fourth-order valence-corrected chi connectivity index (χ4v) is 6.79. The molecule has 0 saturated heterocycles. The summed E-state index contributed by atoms with van der Waals surface area (Å²) in [5.41, 5.74) is 1.22. The Balaban J connectivity index is 1.53. The Kier molecular flexibility index (Phi) is 4.29. The predicted octanol–water partition coefficient (Wildman–Crippen LogP) is 4.97. The number of hydrogen-bond acceptors (Lipinski definition) is 7. The first-order valence-corrected chi connectivity index (χ1v) is 11.6. The van der Waals surface area contributed by atoms with Gasteiger partial charge in [0.1, 0.15) is 26.8 Å². The summed E-state index contributed by atoms with van der Waals surface area (Å²) in [6.07, 6.45) is 4.80. The van der Waals surface area contributed by atoms with Crippen LogP contribution in [0.25, 0.3) is 20.4 Å². The Morgan fingerprint density at radius 2 is 2.22 bits per heavy atom. The zero-order chi connectivity index (χ0) is 18.5. The molecule has 2 atom stereocenters. The van der Waals surface area contributed by atoms with Gasteiger partial charge in [0.25, 0.3) is 5.56 Å². The lowest BCUT2D eigenvalue weighted by molar-refractivity contribution is 0.509. The van der Waals surface area contributed by atoms with Crippen LogP contribution in [0.15, 0.2) is 27.6 Å². The van der Waals surface area contributed by atoms with E-state index in [2.05, 4.69) is 28.8 Å². The highest BCUT2D eigenvalue weighted by atomic mass is 32.2. The van der Waals surface area contributed by atoms with Gasteiger partial charge in [0.05, 0.1) is 10.6 Å². The second-order valence-corrected chi connectivity index (χ2v) is 10.4. The summed E-state index contributed by atoms with van der Waals surface area (Å²) in [6, 6.07) is 2.04. The SMILES string of the molecule is CC1CCc2c(sc3nc(C(C)Sc4ncnc5sccc45)[nH]c(=O)c23)C1. The van der Waals surface area contributed by atoms with Crippen LogP contribution in [0.2, 0.25) is 0 Å². The molecular formula is C19H18N4OS3. The van der Waals surface area contributed by atoms with E-state index in [-0.39, 0.29) is 10.8 Å². The van der Waals surface area contributed by atoms with Crippen LogP contribution in [-0.2, 0) is 12.8 Å². The van der Waals surface area contributed by atoms with Crippen molar-refractivity contribution in [3.05, 3.63) is 44.4 Å². The number of thiophene rings is 2. The van der Waals surface area contributed by atoms with E-state index in [0.717, 1.165) is 44.7 Å². The third-order valence-corrected chi connectivity index (χ3v) is 8.18. The van der Waals surface area contributed by atoms with Crippen molar-refractivity contribution in [1.29, 1.82) is 0 Å². The highest BCUT2D eigenvalue weighted by Gasteiger charge is 2.24. The molecule has 0 aromatic carbocycles. The predicted molar refractivity (Wildman–Crippen MR) is 113 cm³/mol. The number of aromatic nitrogens is 4. The number of fused-ring (bicyclic) bond motifs is 4. The van der Waals surface area contributed by atoms with Gasteiger partial charge in [0, 0.05) is 10.3 Å². The van der Waals surface area contributed by atoms with Crippen LogP contribution in [0.3, 0.4) is 0 Å². The van der Waals surface area contributed by atoms with Gasteiger partial charge >= 0.3 is 0 Å². The van der Waals surface area contributed by atoms with Gasteiger partial charge in [-0.3, -0.25) is 4.79 Å². The molecule has 5 rings (SSSR count). The van der Waals surface area contributed by atoms with Gasteiger partial charge in [0.15, 0.2) is 0 Å². The topological polar surface area (TPSA) is 71.5 Å². The third kappa shape index (κ3) is 2.99. The average Bonchev–Trinajstić information content (AvgIpc) is 3.25. The van der Waals surface area contributed by atoms with Crippen LogP contribution in [0.4, 0.5) is 0 Å². The maximum Gasteiger partial charge on any atom is 0.259 e. The van der Waals surface area contributed by atoms with Crippen molar-refractivity contribution >= 4 is 54.9 Å². The van der Waals surface area contributed by atoms with E-state index in [1.165, 1.54) is 10.4 Å². The lowest BCUT2D eigenvalue weighted by Crippen LogP contribution is -2.15. The molecular weight excluding hydrogens is 396 g/mol. The van der Waals surface area contributed by atoms with E-state index in [4.69, 9.17) is 4.98 Å². The van der Waals surface area contributed by atoms with E-state index < -0.39 is 0 Å². The largest absolute Gasteiger partial charge is 0.309 e. The molecule has 2 unspecified atom stereocenters. The molecule has 0 amide bonds. The number of nitrogens with zero attached hydrogens (tertiary/aromatic N) is 3. The van der Waals surface area contributed by atoms with Crippen molar-refractivity contribution in [2.75, 3.05) is 0 Å². The van der Waals surface area contributed by atoms with E-state index in [1.54, 1.807) is 40.8 Å². The normalized spacial score (nSPS) is 18.1. The molecule has 0 saturated carbocycles. The van der Waals surface area contributed by atoms with Crippen LogP contribution in [0.5, 0.6) is 0 Å². The molecule has 27 heavy (non-hydrogen) atoms. The molecule has 0 aliphatic heterocycles. The molecule has 4 aromatic rings. The molecule has 4 aromatic heterocycles. The minimum Gasteiger partial charge on any atom is -0.309 e. The number of thioether (sulfide) groups is 1. The second-order valence-electron chi connectivity index (χ2n) is 7.06. The van der Waals surface area contributed by atoms with Gasteiger partial charge in [0.2, 0.25) is 0 Å². The quantitative estimate of drug-likeness (QED) is 0.379. The number of H-pyrrole nitrogens is 1. The van der Waals surface area contributed by atoms with Crippen molar-refractivity contribution < 1.29 is 0 Å². The van der Waals surface area contributed by atoms with Crippen molar-refractivity contribution in [2.45, 2.75) is 43.4 Å². The minimum atomic E-state index is -0.00197. The second kappa shape index (κ2) is 6.68. The molecule has 1 N–H and O–H groups in total. The lowest BCUT2D eigenvalue weighted by atomic mass is 9.89. The molecule has 1 aliphatic rings. The zero-order valence-electron chi connectivity index (χ0n) is 15.0. The first-order chi connectivity index (χ1) is 13.1. The number of hydrogen-bond donors (Lipinski definition) is 1. The van der Waals surface area contributed by atoms with Gasteiger partial charge in [-0.25, -0.2) is 15.0 Å². The molecule has 138 valence electrons. The number of aryl methyl sites for hydroxylation is 1. The molecule has 0 spiro atoms. The van der Waals surface area contributed by atoms with Gasteiger partial charge in [-0.05, 0) is 49.1 Å². The van der Waals surface area contributed by atoms with Crippen molar-refractivity contribution in [2.24, 2.45) is 5.92 Å². The van der Waals surface area contributed by atoms with E-state index in [1.807, 2.05) is 11.4 Å². The van der Waals surface area contributed by atoms with E-state index in [0.29, 0.717) is 11.7 Å². The van der Waals surface area contributed by atoms with Crippen LogP contribution in [0.1, 0.15) is 41.8 Å². The van der Waals surface area contributed by atoms with E-state index >= 15 is 0 Å². The van der Waals surface area contributed by atoms with Gasteiger partial charge < -0.3 is 4.98 Å². The summed E-state index contributed by atoms with van der Waals surface area (Å²) in [7, 11) is 0. The monoisotopic (exact) mass is 414 g/mol. The summed E-state index contributed by atoms with van der Waals surface area (Å²) < 4.78 is 0. The zero-order valence-corrected chi connectivity index (χ0v) is 17.4. The van der Waals surface area contributed by atoms with Crippen molar-refractivity contribution in [1.82, 2.24) is 19.9 Å². The fraction of sp³-hybridized carbons (Fsp3) is 0.368. The Morgan fingerprint density at radius 3 is 3.11 bits per heavy atom. The standard InChI is InChI=1S/C19H18N4OS3/c1-9-3-4-11-13(7-9)27-19-14(11)16(24)22-15(23-19)10(2)26-18-12-5-6-25-17(12)20-8-21-18/h5-6,8-10H,3-4,7H2,1-2H3,(H,22,23,24). The summed E-state index contributed by atoms with van der Waals surface area (Å²) in [6.45, 7) is 4.34. The molecule has 0 radical (unpaired) electrons. The highest BCUT2D eigenvalue weighted by Crippen LogP contribution is 2.39. The van der Waals surface area contributed by atoms with Crippen molar-refractivity contribution in [3.63, 3.8) is 0 Å². The Hall–Kier alpha value is -1.77. The first kappa shape index (κ1) is 17.3. The highest BCUT2D eigenvalue weighted by molar-refractivity contribution is 7.99. The summed E-state index contributed by atoms with van der Waals surface area (Å²) in [4.78, 5) is 32.6. The Bertz CT molecular complexity index is 1210.